The molecule has 0 bridgehead atoms. The highest BCUT2D eigenvalue weighted by molar-refractivity contribution is 6.03. The number of hydrogen-bond donors (Lipinski definition) is 0. The van der Waals surface area contributed by atoms with E-state index >= 15 is 0 Å². The zero-order valence-electron chi connectivity index (χ0n) is 13.0. The quantitative estimate of drug-likeness (QED) is 0.754. The number of fused-ring (bicyclic) bond motifs is 1. The van der Waals surface area contributed by atoms with Gasteiger partial charge in [-0.25, -0.2) is 4.79 Å². The molecule has 1 aromatic carbocycles. The van der Waals surface area contributed by atoms with Gasteiger partial charge >= 0.3 is 5.97 Å². The minimum Gasteiger partial charge on any atom is -0.465 e. The number of methoxy groups -OCH3 is 1. The van der Waals surface area contributed by atoms with E-state index in [9.17, 15) is 9.59 Å². The molecule has 4 heteroatoms. The fourth-order valence-electron chi connectivity index (χ4n) is 3.07. The van der Waals surface area contributed by atoms with Gasteiger partial charge in [-0.1, -0.05) is 32.8 Å². The Bertz CT molecular complexity index is 533. The van der Waals surface area contributed by atoms with Gasteiger partial charge in [0.1, 0.15) is 0 Å². The first-order valence-corrected chi connectivity index (χ1v) is 7.65. The summed E-state index contributed by atoms with van der Waals surface area (Å²) in [5, 5.41) is 0. The normalized spacial score (nSPS) is 13.7. The topological polar surface area (TPSA) is 46.6 Å². The minimum atomic E-state index is -0.371. The molecule has 1 aliphatic rings. The predicted molar refractivity (Wildman–Crippen MR) is 81.3 cm³/mol. The van der Waals surface area contributed by atoms with Crippen molar-refractivity contribution in [1.29, 1.82) is 0 Å². The molecule has 0 aliphatic carbocycles. The number of nitrogens with zero attached hydrogens (tertiary/aromatic N) is 1. The average molecular weight is 289 g/mol. The zero-order valence-corrected chi connectivity index (χ0v) is 13.0. The number of amides is 1. The van der Waals surface area contributed by atoms with E-state index in [-0.39, 0.29) is 17.9 Å². The molecule has 0 fully saturated rings. The molecule has 0 unspecified atom stereocenters. The van der Waals surface area contributed by atoms with E-state index in [1.54, 1.807) is 18.2 Å². The highest BCUT2D eigenvalue weighted by Crippen LogP contribution is 2.30. The minimum absolute atomic E-state index is 0.0441. The van der Waals surface area contributed by atoms with Crippen LogP contribution in [-0.2, 0) is 11.3 Å². The Kier molecular flexibility index (Phi) is 4.99. The van der Waals surface area contributed by atoms with Crippen LogP contribution in [-0.4, -0.2) is 29.9 Å². The molecular weight excluding hydrogens is 266 g/mol. The average Bonchev–Trinajstić information content (AvgIpc) is 2.83. The maximum atomic E-state index is 12.6. The number of benzene rings is 1. The number of carbonyl (C=O) groups is 2. The standard InChI is InChI=1S/C17H23NO3/c1-4-7-12(8-5-2)18-11-15-13(16(18)19)9-6-10-14(15)17(20)21-3/h6,9-10,12H,4-5,7-8,11H2,1-3H3. The van der Waals surface area contributed by atoms with Gasteiger partial charge in [0.2, 0.25) is 0 Å². The van der Waals surface area contributed by atoms with Crippen LogP contribution in [0.15, 0.2) is 18.2 Å². The molecule has 0 radical (unpaired) electrons. The maximum Gasteiger partial charge on any atom is 0.338 e. The summed E-state index contributed by atoms with van der Waals surface area (Å²) in [5.41, 5.74) is 1.97. The third-order valence-corrected chi connectivity index (χ3v) is 4.09. The number of hydrogen-bond acceptors (Lipinski definition) is 3. The van der Waals surface area contributed by atoms with Gasteiger partial charge in [-0.15, -0.1) is 0 Å². The van der Waals surface area contributed by atoms with Crippen molar-refractivity contribution in [3.05, 3.63) is 34.9 Å². The largest absolute Gasteiger partial charge is 0.465 e. The lowest BCUT2D eigenvalue weighted by Crippen LogP contribution is -2.35. The fraction of sp³-hybridized carbons (Fsp3) is 0.529. The van der Waals surface area contributed by atoms with Crippen molar-refractivity contribution in [3.63, 3.8) is 0 Å². The number of rotatable bonds is 6. The molecule has 0 spiro atoms. The third-order valence-electron chi connectivity index (χ3n) is 4.09. The van der Waals surface area contributed by atoms with Crippen molar-refractivity contribution in [2.75, 3.05) is 7.11 Å². The molecule has 21 heavy (non-hydrogen) atoms. The molecule has 114 valence electrons. The second-order valence-electron chi connectivity index (χ2n) is 5.49. The van der Waals surface area contributed by atoms with Gasteiger partial charge in [-0.05, 0) is 30.5 Å². The van der Waals surface area contributed by atoms with Crippen molar-refractivity contribution in [2.24, 2.45) is 0 Å². The van der Waals surface area contributed by atoms with E-state index < -0.39 is 0 Å². The van der Waals surface area contributed by atoms with Crippen LogP contribution < -0.4 is 0 Å². The van der Waals surface area contributed by atoms with E-state index in [0.29, 0.717) is 17.7 Å². The van der Waals surface area contributed by atoms with E-state index in [0.717, 1.165) is 31.2 Å². The van der Waals surface area contributed by atoms with E-state index in [1.807, 2.05) is 4.90 Å². The molecule has 0 aromatic heterocycles. The lowest BCUT2D eigenvalue weighted by atomic mass is 10.0. The van der Waals surface area contributed by atoms with Crippen molar-refractivity contribution in [1.82, 2.24) is 4.90 Å². The Morgan fingerprint density at radius 2 is 1.95 bits per heavy atom. The first-order chi connectivity index (χ1) is 10.1. The molecular formula is C17H23NO3. The molecule has 2 rings (SSSR count). The highest BCUT2D eigenvalue weighted by Gasteiger charge is 2.34. The van der Waals surface area contributed by atoms with Crippen LogP contribution in [0.5, 0.6) is 0 Å². The Hall–Kier alpha value is -1.84. The van der Waals surface area contributed by atoms with Crippen molar-refractivity contribution >= 4 is 11.9 Å². The summed E-state index contributed by atoms with van der Waals surface area (Å²) < 4.78 is 4.82. The molecule has 0 saturated carbocycles. The third kappa shape index (κ3) is 2.94. The maximum absolute atomic E-state index is 12.6. The molecule has 1 heterocycles. The van der Waals surface area contributed by atoms with Gasteiger partial charge in [-0.3, -0.25) is 4.79 Å². The second-order valence-corrected chi connectivity index (χ2v) is 5.49. The Balaban J connectivity index is 2.32. The highest BCUT2D eigenvalue weighted by atomic mass is 16.5. The zero-order chi connectivity index (χ0) is 15.4. The number of ether oxygens (including phenoxy) is 1. The Morgan fingerprint density at radius 3 is 2.52 bits per heavy atom. The SMILES string of the molecule is CCCC(CCC)N1Cc2c(C(=O)OC)cccc2C1=O. The molecule has 1 aromatic rings. The number of carbonyl (C=O) groups excluding carboxylic acids is 2. The number of esters is 1. The van der Waals surface area contributed by atoms with Crippen LogP contribution >= 0.6 is 0 Å². The fourth-order valence-corrected chi connectivity index (χ4v) is 3.07. The van der Waals surface area contributed by atoms with E-state index in [2.05, 4.69) is 13.8 Å². The van der Waals surface area contributed by atoms with Crippen molar-refractivity contribution in [3.8, 4) is 0 Å². The Labute approximate surface area is 126 Å². The van der Waals surface area contributed by atoms with Crippen molar-refractivity contribution in [2.45, 2.75) is 52.1 Å². The Morgan fingerprint density at radius 1 is 1.29 bits per heavy atom. The lowest BCUT2D eigenvalue weighted by molar-refractivity contribution is 0.0594. The molecule has 1 amide bonds. The molecule has 1 aliphatic heterocycles. The predicted octanol–water partition coefficient (Wildman–Crippen LogP) is 3.40. The molecule has 4 nitrogen and oxygen atoms in total. The monoisotopic (exact) mass is 289 g/mol. The lowest BCUT2D eigenvalue weighted by Gasteiger charge is -2.27. The van der Waals surface area contributed by atoms with Gasteiger partial charge in [-0.2, -0.15) is 0 Å². The van der Waals surface area contributed by atoms with Crippen molar-refractivity contribution < 1.29 is 14.3 Å². The van der Waals surface area contributed by atoms with Crippen LogP contribution in [0.25, 0.3) is 0 Å². The summed E-state index contributed by atoms with van der Waals surface area (Å²) in [6.45, 7) is 4.79. The first-order valence-electron chi connectivity index (χ1n) is 7.65. The van der Waals surface area contributed by atoms with Gasteiger partial charge in [0.15, 0.2) is 0 Å². The van der Waals surface area contributed by atoms with Gasteiger partial charge in [0, 0.05) is 18.2 Å². The summed E-state index contributed by atoms with van der Waals surface area (Å²) in [6, 6.07) is 5.54. The molecule has 0 atom stereocenters. The van der Waals surface area contributed by atoms with E-state index in [1.165, 1.54) is 7.11 Å². The van der Waals surface area contributed by atoms with Crippen LogP contribution in [0.4, 0.5) is 0 Å². The summed E-state index contributed by atoms with van der Waals surface area (Å²) in [4.78, 5) is 26.4. The molecule has 0 N–H and O–H groups in total. The van der Waals surface area contributed by atoms with Gasteiger partial charge < -0.3 is 9.64 Å². The van der Waals surface area contributed by atoms with Crippen LogP contribution in [0.1, 0.15) is 65.8 Å². The smallest absolute Gasteiger partial charge is 0.338 e. The molecule has 0 saturated heterocycles. The van der Waals surface area contributed by atoms with E-state index in [4.69, 9.17) is 4.74 Å². The summed E-state index contributed by atoms with van der Waals surface area (Å²) in [5.74, 6) is -0.327. The first kappa shape index (κ1) is 15.5. The van der Waals surface area contributed by atoms with Crippen LogP contribution in [0.3, 0.4) is 0 Å². The van der Waals surface area contributed by atoms with Crippen LogP contribution in [0, 0.1) is 0 Å². The summed E-state index contributed by atoms with van der Waals surface area (Å²) in [6.07, 6.45) is 4.10. The summed E-state index contributed by atoms with van der Waals surface area (Å²) >= 11 is 0. The summed E-state index contributed by atoms with van der Waals surface area (Å²) in [7, 11) is 1.37. The van der Waals surface area contributed by atoms with Gasteiger partial charge in [0.25, 0.3) is 5.91 Å². The second kappa shape index (κ2) is 6.74. The van der Waals surface area contributed by atoms with Crippen LogP contribution in [0.2, 0.25) is 0 Å². The van der Waals surface area contributed by atoms with Gasteiger partial charge in [0.05, 0.1) is 12.7 Å².